The van der Waals surface area contributed by atoms with E-state index in [4.69, 9.17) is 4.74 Å². The summed E-state index contributed by atoms with van der Waals surface area (Å²) in [5, 5.41) is 2.88. The van der Waals surface area contributed by atoms with E-state index in [1.807, 2.05) is 20.8 Å². The summed E-state index contributed by atoms with van der Waals surface area (Å²) in [5.74, 6) is 0.665. The fourth-order valence-corrected chi connectivity index (χ4v) is 2.20. The molecule has 0 unspecified atom stereocenters. The van der Waals surface area contributed by atoms with Crippen LogP contribution in [0.4, 0.5) is 11.4 Å². The van der Waals surface area contributed by atoms with E-state index < -0.39 is 5.41 Å². The number of nitrogens with zero attached hydrogens (tertiary/aromatic N) is 1. The van der Waals surface area contributed by atoms with Crippen molar-refractivity contribution in [3.8, 4) is 5.75 Å². The Bertz CT molecular complexity index is 561. The van der Waals surface area contributed by atoms with Crippen LogP contribution in [0, 0.1) is 5.41 Å². The van der Waals surface area contributed by atoms with Crippen LogP contribution in [0.5, 0.6) is 5.75 Å². The molecule has 0 aliphatic carbocycles. The minimum atomic E-state index is -0.469. The maximum atomic E-state index is 12.1. The van der Waals surface area contributed by atoms with E-state index >= 15 is 0 Å². The number of methoxy groups -OCH3 is 1. The van der Waals surface area contributed by atoms with Crippen LogP contribution in [0.1, 0.15) is 33.6 Å². The van der Waals surface area contributed by atoms with Crippen molar-refractivity contribution in [1.29, 1.82) is 0 Å². The normalized spacial score (nSPS) is 15.2. The van der Waals surface area contributed by atoms with Gasteiger partial charge in [-0.15, -0.1) is 0 Å². The summed E-state index contributed by atoms with van der Waals surface area (Å²) in [6, 6.07) is 5.36. The van der Waals surface area contributed by atoms with Crippen molar-refractivity contribution in [3.63, 3.8) is 0 Å². The van der Waals surface area contributed by atoms with Gasteiger partial charge in [0.25, 0.3) is 0 Å². The smallest absolute Gasteiger partial charge is 0.229 e. The maximum absolute atomic E-state index is 12.1. The topological polar surface area (TPSA) is 58.6 Å². The van der Waals surface area contributed by atoms with Gasteiger partial charge in [-0.3, -0.25) is 9.59 Å². The number of rotatable bonds is 3. The van der Waals surface area contributed by atoms with E-state index in [1.54, 1.807) is 30.2 Å². The first-order valence-electron chi connectivity index (χ1n) is 7.13. The number of ether oxygens (including phenoxy) is 1. The molecule has 5 heteroatoms. The van der Waals surface area contributed by atoms with Crippen molar-refractivity contribution in [2.75, 3.05) is 23.9 Å². The van der Waals surface area contributed by atoms with Crippen LogP contribution in [0.15, 0.2) is 18.2 Å². The second-order valence-electron chi connectivity index (χ2n) is 6.24. The van der Waals surface area contributed by atoms with Crippen LogP contribution in [0.3, 0.4) is 0 Å². The van der Waals surface area contributed by atoms with Crippen molar-refractivity contribution in [1.82, 2.24) is 0 Å². The molecule has 0 spiro atoms. The van der Waals surface area contributed by atoms with Crippen LogP contribution in [-0.2, 0) is 9.59 Å². The Balaban J connectivity index is 2.29. The van der Waals surface area contributed by atoms with E-state index in [1.165, 1.54) is 0 Å². The number of anilines is 2. The molecule has 0 atom stereocenters. The molecule has 5 nitrogen and oxygen atoms in total. The van der Waals surface area contributed by atoms with Gasteiger partial charge in [0.1, 0.15) is 5.75 Å². The van der Waals surface area contributed by atoms with E-state index in [9.17, 15) is 9.59 Å². The summed E-state index contributed by atoms with van der Waals surface area (Å²) >= 11 is 0. The highest BCUT2D eigenvalue weighted by atomic mass is 16.5. The Kier molecular flexibility index (Phi) is 4.21. The molecule has 1 N–H and O–H groups in total. The van der Waals surface area contributed by atoms with Crippen LogP contribution >= 0.6 is 0 Å². The number of benzene rings is 1. The number of carbonyl (C=O) groups excluding carboxylic acids is 2. The third-order valence-electron chi connectivity index (χ3n) is 3.48. The summed E-state index contributed by atoms with van der Waals surface area (Å²) in [5.41, 5.74) is 0.918. The minimum absolute atomic E-state index is 0.0636. The molecule has 0 radical (unpaired) electrons. The molecular weight excluding hydrogens is 268 g/mol. The van der Waals surface area contributed by atoms with Gasteiger partial charge < -0.3 is 15.0 Å². The zero-order chi connectivity index (χ0) is 15.6. The van der Waals surface area contributed by atoms with Gasteiger partial charge in [0.15, 0.2) is 0 Å². The van der Waals surface area contributed by atoms with Crippen molar-refractivity contribution >= 4 is 23.2 Å². The Hall–Kier alpha value is -2.04. The van der Waals surface area contributed by atoms with Gasteiger partial charge >= 0.3 is 0 Å². The lowest BCUT2D eigenvalue weighted by Gasteiger charge is -2.22. The molecule has 1 aromatic carbocycles. The van der Waals surface area contributed by atoms with Crippen LogP contribution in [0.2, 0.25) is 0 Å². The Morgan fingerprint density at radius 1 is 1.33 bits per heavy atom. The molecule has 114 valence electrons. The van der Waals surface area contributed by atoms with Gasteiger partial charge in [0.2, 0.25) is 11.8 Å². The first-order valence-corrected chi connectivity index (χ1v) is 7.13. The third-order valence-corrected chi connectivity index (χ3v) is 3.48. The number of hydrogen-bond donors (Lipinski definition) is 1. The maximum Gasteiger partial charge on any atom is 0.229 e. The number of hydrogen-bond acceptors (Lipinski definition) is 3. The quantitative estimate of drug-likeness (QED) is 0.931. The molecule has 21 heavy (non-hydrogen) atoms. The summed E-state index contributed by atoms with van der Waals surface area (Å²) in [7, 11) is 1.58. The molecule has 1 aromatic rings. The summed E-state index contributed by atoms with van der Waals surface area (Å²) in [6.07, 6.45) is 1.41. The summed E-state index contributed by atoms with van der Waals surface area (Å²) in [4.78, 5) is 25.7. The highest BCUT2D eigenvalue weighted by Crippen LogP contribution is 2.34. The molecule has 1 saturated heterocycles. The second-order valence-corrected chi connectivity index (χ2v) is 6.24. The second kappa shape index (κ2) is 5.76. The van der Waals surface area contributed by atoms with Crippen LogP contribution in [0.25, 0.3) is 0 Å². The fraction of sp³-hybridized carbons (Fsp3) is 0.500. The van der Waals surface area contributed by atoms with Gasteiger partial charge in [-0.05, 0) is 24.6 Å². The minimum Gasteiger partial charge on any atom is -0.495 e. The highest BCUT2D eigenvalue weighted by Gasteiger charge is 2.26. The SMILES string of the molecule is COc1ccc(NC(=O)C(C)(C)C)cc1N1CCCC1=O. The summed E-state index contributed by atoms with van der Waals surface area (Å²) in [6.45, 7) is 6.26. The van der Waals surface area contributed by atoms with Gasteiger partial charge in [-0.25, -0.2) is 0 Å². The van der Waals surface area contributed by atoms with Gasteiger partial charge in [-0.2, -0.15) is 0 Å². The lowest BCUT2D eigenvalue weighted by atomic mass is 9.95. The van der Waals surface area contributed by atoms with Crippen molar-refractivity contribution in [3.05, 3.63) is 18.2 Å². The van der Waals surface area contributed by atoms with Crippen molar-refractivity contribution < 1.29 is 14.3 Å². The monoisotopic (exact) mass is 290 g/mol. The van der Waals surface area contributed by atoms with E-state index in [2.05, 4.69) is 5.32 Å². The lowest BCUT2D eigenvalue weighted by Crippen LogP contribution is -2.28. The molecule has 0 saturated carbocycles. The van der Waals surface area contributed by atoms with Gasteiger partial charge in [-0.1, -0.05) is 20.8 Å². The number of nitrogens with one attached hydrogen (secondary N) is 1. The van der Waals surface area contributed by atoms with Crippen LogP contribution < -0.4 is 15.0 Å². The van der Waals surface area contributed by atoms with Gasteiger partial charge in [0.05, 0.1) is 12.8 Å². The Morgan fingerprint density at radius 2 is 2.05 bits per heavy atom. The Labute approximate surface area is 125 Å². The number of carbonyl (C=O) groups is 2. The van der Waals surface area contributed by atoms with Crippen molar-refractivity contribution in [2.45, 2.75) is 33.6 Å². The zero-order valence-electron chi connectivity index (χ0n) is 13.0. The van der Waals surface area contributed by atoms with Gasteiger partial charge in [0, 0.05) is 24.1 Å². The standard InChI is InChI=1S/C16H22N2O3/c1-16(2,3)15(20)17-11-7-8-13(21-4)12(10-11)18-9-5-6-14(18)19/h7-8,10H,5-6,9H2,1-4H3,(H,17,20). The molecule has 2 amide bonds. The predicted molar refractivity (Wildman–Crippen MR) is 82.7 cm³/mol. The summed E-state index contributed by atoms with van der Waals surface area (Å²) < 4.78 is 5.33. The van der Waals surface area contributed by atoms with E-state index in [0.717, 1.165) is 6.42 Å². The molecule has 1 aliphatic rings. The molecule has 1 aliphatic heterocycles. The first kappa shape index (κ1) is 15.4. The molecular formula is C16H22N2O3. The lowest BCUT2D eigenvalue weighted by molar-refractivity contribution is -0.123. The van der Waals surface area contributed by atoms with E-state index in [-0.39, 0.29) is 11.8 Å². The Morgan fingerprint density at radius 3 is 2.57 bits per heavy atom. The fourth-order valence-electron chi connectivity index (χ4n) is 2.20. The predicted octanol–water partition coefficient (Wildman–Crippen LogP) is 2.81. The first-order chi connectivity index (χ1) is 9.82. The highest BCUT2D eigenvalue weighted by molar-refractivity contribution is 5.99. The largest absolute Gasteiger partial charge is 0.495 e. The molecule has 0 bridgehead atoms. The number of amides is 2. The zero-order valence-corrected chi connectivity index (χ0v) is 13.0. The van der Waals surface area contributed by atoms with Crippen LogP contribution in [-0.4, -0.2) is 25.5 Å². The van der Waals surface area contributed by atoms with Crippen molar-refractivity contribution in [2.24, 2.45) is 5.41 Å². The molecule has 2 rings (SSSR count). The molecule has 1 heterocycles. The average Bonchev–Trinajstić information content (AvgIpc) is 2.83. The third kappa shape index (κ3) is 3.35. The molecule has 1 fully saturated rings. The van der Waals surface area contributed by atoms with E-state index in [0.29, 0.717) is 30.1 Å². The molecule has 0 aromatic heterocycles. The average molecular weight is 290 g/mol.